The summed E-state index contributed by atoms with van der Waals surface area (Å²) in [6, 6.07) is 3.09. The predicted molar refractivity (Wildman–Crippen MR) is 85.3 cm³/mol. The van der Waals surface area contributed by atoms with Gasteiger partial charge in [-0.3, -0.25) is 4.79 Å². The van der Waals surface area contributed by atoms with Gasteiger partial charge in [0.2, 0.25) is 6.79 Å². The van der Waals surface area contributed by atoms with Crippen molar-refractivity contribution in [2.24, 2.45) is 5.92 Å². The van der Waals surface area contributed by atoms with Gasteiger partial charge in [-0.2, -0.15) is 13.2 Å². The van der Waals surface area contributed by atoms with E-state index >= 15 is 0 Å². The van der Waals surface area contributed by atoms with E-state index in [0.717, 1.165) is 0 Å². The molecule has 0 radical (unpaired) electrons. The number of ether oxygens (including phenoxy) is 3. The number of carbonyl (C=O) groups is 1. The number of halogens is 3. The van der Waals surface area contributed by atoms with Gasteiger partial charge in [0, 0.05) is 0 Å². The molecular weight excluding hydrogens is 377 g/mol. The minimum Gasteiger partial charge on any atom is -0.466 e. The minimum atomic E-state index is -5.19. The van der Waals surface area contributed by atoms with Gasteiger partial charge in [-0.25, -0.2) is 0 Å². The zero-order valence-electron chi connectivity index (χ0n) is 13.4. The second-order valence-electron chi connectivity index (χ2n) is 5.68. The topological polar surface area (TPSA) is 89.1 Å². The fourth-order valence-electron chi connectivity index (χ4n) is 2.92. The fourth-order valence-corrected chi connectivity index (χ4v) is 3.20. The number of nitrogens with one attached hydrogen (secondary N) is 2. The summed E-state index contributed by atoms with van der Waals surface area (Å²) in [5.41, 5.74) is -3.35. The molecule has 1 aromatic rings. The third-order valence-electron chi connectivity index (χ3n) is 4.10. The molecule has 2 heterocycles. The van der Waals surface area contributed by atoms with Crippen LogP contribution in [0, 0.1) is 5.92 Å². The lowest BCUT2D eigenvalue weighted by atomic mass is 9.82. The molecule has 3 N–H and O–H groups in total. The number of hydrogen-bond donors (Lipinski definition) is 3. The normalized spacial score (nSPS) is 27.5. The highest BCUT2D eigenvalue weighted by Crippen LogP contribution is 2.44. The lowest BCUT2D eigenvalue weighted by Gasteiger charge is -2.45. The first kappa shape index (κ1) is 18.5. The smallest absolute Gasteiger partial charge is 0.437 e. The molecule has 3 atom stereocenters. The van der Waals surface area contributed by atoms with Crippen LogP contribution in [0.15, 0.2) is 18.2 Å². The molecule has 0 spiro atoms. The van der Waals surface area contributed by atoms with Crippen molar-refractivity contribution in [2.45, 2.75) is 24.9 Å². The maximum atomic E-state index is 13.6. The van der Waals surface area contributed by atoms with Gasteiger partial charge in [-0.15, -0.1) is 0 Å². The monoisotopic (exact) mass is 392 g/mol. The maximum Gasteiger partial charge on any atom is 0.437 e. The van der Waals surface area contributed by atoms with Crippen molar-refractivity contribution < 1.29 is 37.3 Å². The fraction of sp³-hybridized carbons (Fsp3) is 0.467. The zero-order chi connectivity index (χ0) is 19.1. The molecular formula is C15H15F3N2O5S. The van der Waals surface area contributed by atoms with Gasteiger partial charge >= 0.3 is 12.1 Å². The Hall–Kier alpha value is -2.27. The molecule has 26 heavy (non-hydrogen) atoms. The van der Waals surface area contributed by atoms with Crippen LogP contribution >= 0.6 is 12.2 Å². The van der Waals surface area contributed by atoms with Crippen LogP contribution in [0.2, 0.25) is 0 Å². The van der Waals surface area contributed by atoms with Crippen LogP contribution in [0.3, 0.4) is 0 Å². The third-order valence-corrected chi connectivity index (χ3v) is 4.32. The Labute approximate surface area is 151 Å². The lowest BCUT2D eigenvalue weighted by molar-refractivity contribution is -0.292. The van der Waals surface area contributed by atoms with Crippen molar-refractivity contribution in [3.8, 4) is 11.5 Å². The van der Waals surface area contributed by atoms with E-state index in [4.69, 9.17) is 26.4 Å². The average Bonchev–Trinajstić information content (AvgIpc) is 3.00. The molecule has 3 rings (SSSR count). The van der Waals surface area contributed by atoms with E-state index in [0.29, 0.717) is 11.5 Å². The Morgan fingerprint density at radius 3 is 2.77 bits per heavy atom. The Morgan fingerprint density at radius 2 is 2.12 bits per heavy atom. The Balaban J connectivity index is 2.08. The number of thiocarbonyl (C=S) groups is 1. The summed E-state index contributed by atoms with van der Waals surface area (Å²) in [4.78, 5) is 12.3. The number of rotatable bonds is 3. The van der Waals surface area contributed by atoms with Crippen molar-refractivity contribution >= 4 is 23.3 Å². The Morgan fingerprint density at radius 1 is 1.42 bits per heavy atom. The number of benzene rings is 1. The Bertz CT molecular complexity index is 744. The third kappa shape index (κ3) is 3.01. The molecule has 7 nitrogen and oxygen atoms in total. The molecule has 2 aliphatic heterocycles. The zero-order valence-corrected chi connectivity index (χ0v) is 14.2. The quantitative estimate of drug-likeness (QED) is 0.525. The van der Waals surface area contributed by atoms with Gasteiger partial charge < -0.3 is 30.0 Å². The molecule has 2 aliphatic rings. The predicted octanol–water partition coefficient (Wildman–Crippen LogP) is 1.36. The number of esters is 1. The first-order valence-corrected chi connectivity index (χ1v) is 8.02. The molecule has 142 valence electrons. The van der Waals surface area contributed by atoms with Crippen molar-refractivity contribution in [2.75, 3.05) is 13.4 Å². The molecule has 0 aliphatic carbocycles. The van der Waals surface area contributed by atoms with Gasteiger partial charge in [0.1, 0.15) is 5.92 Å². The lowest BCUT2D eigenvalue weighted by Crippen LogP contribution is -2.73. The minimum absolute atomic E-state index is 0.0232. The van der Waals surface area contributed by atoms with Crippen LogP contribution in [0.4, 0.5) is 13.2 Å². The highest BCUT2D eigenvalue weighted by atomic mass is 32.1. The van der Waals surface area contributed by atoms with Crippen LogP contribution in [0.5, 0.6) is 11.5 Å². The number of aliphatic hydroxyl groups is 1. The van der Waals surface area contributed by atoms with Crippen molar-refractivity contribution in [3.05, 3.63) is 23.8 Å². The number of carbonyl (C=O) groups excluding carboxylic acids is 1. The summed E-state index contributed by atoms with van der Waals surface area (Å²) in [7, 11) is 0. The highest BCUT2D eigenvalue weighted by Gasteiger charge is 2.66. The van der Waals surface area contributed by atoms with E-state index < -0.39 is 34.9 Å². The summed E-state index contributed by atoms with van der Waals surface area (Å²) in [6.45, 7) is 1.28. The maximum absolute atomic E-state index is 13.6. The molecule has 0 bridgehead atoms. The second kappa shape index (κ2) is 6.47. The Kier molecular flexibility index (Phi) is 4.61. The van der Waals surface area contributed by atoms with Gasteiger partial charge in [0.15, 0.2) is 16.6 Å². The van der Waals surface area contributed by atoms with Crippen LogP contribution in [0.25, 0.3) is 0 Å². The van der Waals surface area contributed by atoms with Gasteiger partial charge in [0.05, 0.1) is 12.6 Å². The largest absolute Gasteiger partial charge is 0.466 e. The number of alkyl halides is 3. The van der Waals surface area contributed by atoms with Gasteiger partial charge in [0.25, 0.3) is 5.72 Å². The van der Waals surface area contributed by atoms with Crippen molar-refractivity contribution in [3.63, 3.8) is 0 Å². The molecule has 0 saturated carbocycles. The van der Waals surface area contributed by atoms with E-state index in [9.17, 15) is 23.1 Å². The molecule has 0 unspecified atom stereocenters. The first-order chi connectivity index (χ1) is 12.2. The van der Waals surface area contributed by atoms with Gasteiger partial charge in [-0.1, -0.05) is 6.07 Å². The van der Waals surface area contributed by atoms with E-state index in [1.807, 2.05) is 0 Å². The van der Waals surface area contributed by atoms with E-state index in [-0.39, 0.29) is 19.0 Å². The van der Waals surface area contributed by atoms with Crippen molar-refractivity contribution in [1.29, 1.82) is 0 Å². The highest BCUT2D eigenvalue weighted by molar-refractivity contribution is 7.80. The molecule has 0 amide bonds. The van der Waals surface area contributed by atoms with E-state index in [1.165, 1.54) is 25.1 Å². The van der Waals surface area contributed by atoms with E-state index in [2.05, 4.69) is 5.32 Å². The number of hydrogen-bond acceptors (Lipinski definition) is 6. The summed E-state index contributed by atoms with van der Waals surface area (Å²) in [6.07, 6.45) is -5.19. The van der Waals surface area contributed by atoms with E-state index in [1.54, 1.807) is 5.32 Å². The van der Waals surface area contributed by atoms with Crippen LogP contribution < -0.4 is 20.1 Å². The molecule has 0 aromatic heterocycles. The molecule has 1 fully saturated rings. The summed E-state index contributed by atoms with van der Waals surface area (Å²) in [5.74, 6) is -2.54. The standard InChI is InChI=1S/C15H15F3N2O5S/c1-2-23-12(21)10-11(7-3-4-8-9(5-7)25-6-24-8)19-13(26)20-14(10,22)15(16,17)18/h3-5,10-11,22H,2,6H2,1H3,(H2,19,20,26)/t10-,11+,14+/m1/s1. The summed E-state index contributed by atoms with van der Waals surface area (Å²) < 4.78 is 56.0. The first-order valence-electron chi connectivity index (χ1n) is 7.61. The van der Waals surface area contributed by atoms with Crippen molar-refractivity contribution in [1.82, 2.24) is 10.6 Å². The molecule has 1 saturated heterocycles. The van der Waals surface area contributed by atoms with Crippen LogP contribution in [0.1, 0.15) is 18.5 Å². The average molecular weight is 392 g/mol. The van der Waals surface area contributed by atoms with Gasteiger partial charge in [-0.05, 0) is 36.8 Å². The molecule has 11 heteroatoms. The second-order valence-corrected chi connectivity index (χ2v) is 6.09. The SMILES string of the molecule is CCOC(=O)[C@H]1[C@H](c2ccc3c(c2)OCO3)NC(=S)N[C@@]1(O)C(F)(F)F. The summed E-state index contributed by atoms with van der Waals surface area (Å²) in [5, 5.41) is 14.3. The van der Waals surface area contributed by atoms with Crippen LogP contribution in [-0.2, 0) is 9.53 Å². The van der Waals surface area contributed by atoms with Crippen LogP contribution in [-0.4, -0.2) is 41.5 Å². The summed E-state index contributed by atoms with van der Waals surface area (Å²) >= 11 is 4.81. The molecule has 1 aromatic carbocycles. The number of fused-ring (bicyclic) bond motifs is 1.